The van der Waals surface area contributed by atoms with Crippen LogP contribution in [0.25, 0.3) is 0 Å². The maximum absolute atomic E-state index is 12.0. The van der Waals surface area contributed by atoms with E-state index >= 15 is 0 Å². The highest BCUT2D eigenvalue weighted by atomic mass is 16.2. The van der Waals surface area contributed by atoms with E-state index in [0.717, 1.165) is 13.1 Å². The number of rotatable bonds is 2. The minimum absolute atomic E-state index is 0.0125. The van der Waals surface area contributed by atoms with Crippen molar-refractivity contribution in [2.45, 2.75) is 47.1 Å². The van der Waals surface area contributed by atoms with Gasteiger partial charge < -0.3 is 15.5 Å². The van der Waals surface area contributed by atoms with E-state index in [9.17, 15) is 9.59 Å². The van der Waals surface area contributed by atoms with E-state index in [-0.39, 0.29) is 29.4 Å². The fourth-order valence-corrected chi connectivity index (χ4v) is 2.13. The molecule has 2 N–H and O–H groups in total. The van der Waals surface area contributed by atoms with Crippen LogP contribution in [0.5, 0.6) is 0 Å². The lowest BCUT2D eigenvalue weighted by Gasteiger charge is -2.23. The van der Waals surface area contributed by atoms with Crippen LogP contribution in [0.15, 0.2) is 0 Å². The van der Waals surface area contributed by atoms with Crippen LogP contribution < -0.4 is 10.6 Å². The number of carbonyl (C=O) groups is 2. The van der Waals surface area contributed by atoms with Crippen molar-refractivity contribution >= 4 is 11.9 Å². The summed E-state index contributed by atoms with van der Waals surface area (Å²) in [6.45, 7) is 13.8. The van der Waals surface area contributed by atoms with Crippen LogP contribution in [-0.2, 0) is 4.79 Å². The zero-order valence-corrected chi connectivity index (χ0v) is 13.0. The summed E-state index contributed by atoms with van der Waals surface area (Å²) in [6, 6.07) is -0.299. The summed E-state index contributed by atoms with van der Waals surface area (Å²) in [6.07, 6.45) is 0. The maximum atomic E-state index is 12.0. The third kappa shape index (κ3) is 4.73. The first-order valence-corrected chi connectivity index (χ1v) is 6.85. The Hall–Kier alpha value is -1.26. The predicted octanol–water partition coefficient (Wildman–Crippen LogP) is 1.59. The molecule has 1 heterocycles. The average Bonchev–Trinajstić information content (AvgIpc) is 2.48. The van der Waals surface area contributed by atoms with Crippen molar-refractivity contribution < 1.29 is 9.59 Å². The van der Waals surface area contributed by atoms with E-state index in [4.69, 9.17) is 0 Å². The van der Waals surface area contributed by atoms with E-state index in [1.54, 1.807) is 0 Å². The number of nitrogens with one attached hydrogen (secondary N) is 2. The molecule has 0 bridgehead atoms. The molecule has 1 unspecified atom stereocenters. The highest BCUT2D eigenvalue weighted by Gasteiger charge is 2.38. The third-order valence-electron chi connectivity index (χ3n) is 3.67. The third-order valence-corrected chi connectivity index (χ3v) is 3.67. The molecule has 1 aliphatic heterocycles. The zero-order valence-electron chi connectivity index (χ0n) is 13.0. The summed E-state index contributed by atoms with van der Waals surface area (Å²) in [4.78, 5) is 25.4. The molecule has 19 heavy (non-hydrogen) atoms. The van der Waals surface area contributed by atoms with Gasteiger partial charge in [0.1, 0.15) is 0 Å². The molecule has 5 heteroatoms. The van der Waals surface area contributed by atoms with Crippen LogP contribution >= 0.6 is 0 Å². The molecule has 0 spiro atoms. The molecule has 0 aromatic heterocycles. The molecule has 1 rings (SSSR count). The molecule has 0 aromatic rings. The smallest absolute Gasteiger partial charge is 0.315 e. The summed E-state index contributed by atoms with van der Waals surface area (Å²) in [7, 11) is 0. The first-order chi connectivity index (χ1) is 8.51. The first-order valence-electron chi connectivity index (χ1n) is 6.85. The van der Waals surface area contributed by atoms with Gasteiger partial charge in [-0.2, -0.15) is 0 Å². The largest absolute Gasteiger partial charge is 0.340 e. The Kier molecular flexibility index (Phi) is 4.48. The second-order valence-corrected chi connectivity index (χ2v) is 7.22. The zero-order chi connectivity index (χ0) is 14.8. The van der Waals surface area contributed by atoms with Crippen molar-refractivity contribution in [1.82, 2.24) is 15.5 Å². The lowest BCUT2D eigenvalue weighted by molar-refractivity contribution is -0.129. The SMILES string of the molecule is CC1CN(C(=O)CNC(=O)NC(C)(C)C)CC1(C)C. The number of amides is 3. The lowest BCUT2D eigenvalue weighted by Crippen LogP contribution is -2.49. The second-order valence-electron chi connectivity index (χ2n) is 7.22. The van der Waals surface area contributed by atoms with Gasteiger partial charge in [-0.15, -0.1) is 0 Å². The Labute approximate surface area is 116 Å². The molecule has 1 atom stereocenters. The van der Waals surface area contributed by atoms with E-state index < -0.39 is 0 Å². The second kappa shape index (κ2) is 5.39. The summed E-state index contributed by atoms with van der Waals surface area (Å²) in [5.74, 6) is 0.473. The Bertz CT molecular complexity index is 358. The first kappa shape index (κ1) is 15.8. The summed E-state index contributed by atoms with van der Waals surface area (Å²) in [5.41, 5.74) is -0.138. The van der Waals surface area contributed by atoms with E-state index in [1.165, 1.54) is 0 Å². The number of likely N-dealkylation sites (tertiary alicyclic amines) is 1. The van der Waals surface area contributed by atoms with Crippen molar-refractivity contribution in [3.63, 3.8) is 0 Å². The number of urea groups is 1. The minimum Gasteiger partial charge on any atom is -0.340 e. The topological polar surface area (TPSA) is 61.4 Å². The van der Waals surface area contributed by atoms with Crippen LogP contribution in [0.3, 0.4) is 0 Å². The van der Waals surface area contributed by atoms with Crippen LogP contribution in [0.1, 0.15) is 41.5 Å². The molecule has 110 valence electrons. The van der Waals surface area contributed by atoms with Gasteiger partial charge in [-0.3, -0.25) is 4.79 Å². The molecule has 1 saturated heterocycles. The highest BCUT2D eigenvalue weighted by Crippen LogP contribution is 2.34. The molecule has 1 fully saturated rings. The molecular weight excluding hydrogens is 242 g/mol. The molecule has 0 aromatic carbocycles. The van der Waals surface area contributed by atoms with Gasteiger partial charge in [-0.25, -0.2) is 4.79 Å². The minimum atomic E-state index is -0.299. The lowest BCUT2D eigenvalue weighted by atomic mass is 9.84. The van der Waals surface area contributed by atoms with E-state index in [0.29, 0.717) is 5.92 Å². The van der Waals surface area contributed by atoms with Crippen molar-refractivity contribution in [3.05, 3.63) is 0 Å². The average molecular weight is 269 g/mol. The number of carbonyl (C=O) groups excluding carboxylic acids is 2. The molecular formula is C14H27N3O2. The molecule has 1 aliphatic rings. The van der Waals surface area contributed by atoms with E-state index in [1.807, 2.05) is 25.7 Å². The molecule has 0 radical (unpaired) electrons. The molecule has 0 aliphatic carbocycles. The van der Waals surface area contributed by atoms with Crippen LogP contribution in [0.4, 0.5) is 4.79 Å². The van der Waals surface area contributed by atoms with Gasteiger partial charge in [0.05, 0.1) is 6.54 Å². The summed E-state index contributed by atoms with van der Waals surface area (Å²) < 4.78 is 0. The Morgan fingerprint density at radius 3 is 2.32 bits per heavy atom. The fraction of sp³-hybridized carbons (Fsp3) is 0.857. The van der Waals surface area contributed by atoms with Gasteiger partial charge in [0, 0.05) is 18.6 Å². The van der Waals surface area contributed by atoms with Crippen molar-refractivity contribution in [2.24, 2.45) is 11.3 Å². The fourth-order valence-electron chi connectivity index (χ4n) is 2.13. The summed E-state index contributed by atoms with van der Waals surface area (Å²) in [5, 5.41) is 5.39. The number of nitrogens with zero attached hydrogens (tertiary/aromatic N) is 1. The Balaban J connectivity index is 2.39. The maximum Gasteiger partial charge on any atom is 0.315 e. The van der Waals surface area contributed by atoms with Gasteiger partial charge >= 0.3 is 6.03 Å². The molecule has 5 nitrogen and oxygen atoms in total. The van der Waals surface area contributed by atoms with Crippen LogP contribution in [0, 0.1) is 11.3 Å². The van der Waals surface area contributed by atoms with Gasteiger partial charge in [0.25, 0.3) is 0 Å². The Morgan fingerprint density at radius 1 is 1.32 bits per heavy atom. The Morgan fingerprint density at radius 2 is 1.89 bits per heavy atom. The van der Waals surface area contributed by atoms with Gasteiger partial charge in [-0.1, -0.05) is 20.8 Å². The van der Waals surface area contributed by atoms with Crippen LogP contribution in [-0.4, -0.2) is 42.0 Å². The number of hydrogen-bond donors (Lipinski definition) is 2. The highest BCUT2D eigenvalue weighted by molar-refractivity contribution is 5.84. The van der Waals surface area contributed by atoms with Crippen molar-refractivity contribution in [2.75, 3.05) is 19.6 Å². The standard InChI is InChI=1S/C14H27N3O2/c1-10-8-17(9-14(10,5)6)11(18)7-15-12(19)16-13(2,3)4/h10H,7-9H2,1-6H3,(H2,15,16,19). The van der Waals surface area contributed by atoms with E-state index in [2.05, 4.69) is 31.4 Å². The van der Waals surface area contributed by atoms with Gasteiger partial charge in [0.15, 0.2) is 0 Å². The number of hydrogen-bond acceptors (Lipinski definition) is 2. The van der Waals surface area contributed by atoms with Gasteiger partial charge in [0.2, 0.25) is 5.91 Å². The normalized spacial score (nSPS) is 22.2. The molecule has 0 saturated carbocycles. The summed E-state index contributed by atoms with van der Waals surface area (Å²) >= 11 is 0. The molecule has 3 amide bonds. The van der Waals surface area contributed by atoms with Gasteiger partial charge in [-0.05, 0) is 32.1 Å². The van der Waals surface area contributed by atoms with Crippen molar-refractivity contribution in [1.29, 1.82) is 0 Å². The van der Waals surface area contributed by atoms with Crippen LogP contribution in [0.2, 0.25) is 0 Å². The quantitative estimate of drug-likeness (QED) is 0.799. The monoisotopic (exact) mass is 269 g/mol. The van der Waals surface area contributed by atoms with Crippen molar-refractivity contribution in [3.8, 4) is 0 Å². The predicted molar refractivity (Wildman–Crippen MR) is 75.8 cm³/mol.